The molecule has 1 atom stereocenters. The minimum Gasteiger partial charge on any atom is -0.493 e. The molecule has 0 amide bonds. The third kappa shape index (κ3) is 4.99. The average Bonchev–Trinajstić information content (AvgIpc) is 2.28. The molecule has 0 heterocycles. The van der Waals surface area contributed by atoms with Gasteiger partial charge in [-0.05, 0) is 58.8 Å². The van der Waals surface area contributed by atoms with E-state index in [0.717, 1.165) is 28.6 Å². The van der Waals surface area contributed by atoms with E-state index in [2.05, 4.69) is 36.7 Å². The van der Waals surface area contributed by atoms with Crippen LogP contribution in [0.3, 0.4) is 0 Å². The highest BCUT2D eigenvalue weighted by Gasteiger charge is 2.15. The molecule has 3 heteroatoms. The van der Waals surface area contributed by atoms with Crippen LogP contribution in [-0.4, -0.2) is 11.7 Å². The molecule has 1 unspecified atom stereocenters. The molecule has 0 saturated heterocycles. The minimum absolute atomic E-state index is 0.253. The lowest BCUT2D eigenvalue weighted by molar-refractivity contribution is 0.147. The summed E-state index contributed by atoms with van der Waals surface area (Å²) in [7, 11) is 0. The number of halogens is 1. The van der Waals surface area contributed by atoms with Gasteiger partial charge in [0.15, 0.2) is 0 Å². The lowest BCUT2D eigenvalue weighted by Gasteiger charge is -2.20. The molecular formula is C15H23BrO2. The fourth-order valence-electron chi connectivity index (χ4n) is 1.73. The van der Waals surface area contributed by atoms with Crippen molar-refractivity contribution in [3.05, 3.63) is 28.2 Å². The Kier molecular flexibility index (Phi) is 5.67. The van der Waals surface area contributed by atoms with Crippen LogP contribution in [0.15, 0.2) is 22.7 Å². The molecule has 1 N–H and O–H groups in total. The minimum atomic E-state index is -0.406. The summed E-state index contributed by atoms with van der Waals surface area (Å²) in [5.74, 6) is 0.823. The van der Waals surface area contributed by atoms with E-state index in [0.29, 0.717) is 6.61 Å². The van der Waals surface area contributed by atoms with Crippen molar-refractivity contribution in [1.82, 2.24) is 0 Å². The summed E-state index contributed by atoms with van der Waals surface area (Å²) in [5.41, 5.74) is 1.19. The van der Waals surface area contributed by atoms with Crippen LogP contribution in [0.4, 0.5) is 0 Å². The lowest BCUT2D eigenvalue weighted by atomic mass is 9.88. The van der Waals surface area contributed by atoms with Crippen molar-refractivity contribution in [2.75, 3.05) is 6.61 Å². The molecule has 0 aliphatic carbocycles. The Morgan fingerprint density at radius 2 is 2.00 bits per heavy atom. The molecule has 0 saturated carbocycles. The first kappa shape index (κ1) is 15.5. The Labute approximate surface area is 118 Å². The SMILES string of the molecule is CCOc1ccc(C(O)CCC(C)(C)C)cc1Br. The second-order valence-corrected chi connectivity index (χ2v) is 6.59. The highest BCUT2D eigenvalue weighted by molar-refractivity contribution is 9.10. The van der Waals surface area contributed by atoms with Crippen molar-refractivity contribution >= 4 is 15.9 Å². The topological polar surface area (TPSA) is 29.5 Å². The summed E-state index contributed by atoms with van der Waals surface area (Å²) in [4.78, 5) is 0. The summed E-state index contributed by atoms with van der Waals surface area (Å²) in [6.07, 6.45) is 1.37. The first-order chi connectivity index (χ1) is 8.33. The van der Waals surface area contributed by atoms with E-state index in [9.17, 15) is 5.11 Å². The summed E-state index contributed by atoms with van der Waals surface area (Å²) in [6.45, 7) is 9.17. The van der Waals surface area contributed by atoms with E-state index in [4.69, 9.17) is 4.74 Å². The number of rotatable bonds is 5. The standard InChI is InChI=1S/C15H23BrO2/c1-5-18-14-7-6-11(10-12(14)16)13(17)8-9-15(2,3)4/h6-7,10,13,17H,5,8-9H2,1-4H3. The second kappa shape index (κ2) is 6.58. The van der Waals surface area contributed by atoms with Gasteiger partial charge in [0.05, 0.1) is 17.2 Å². The van der Waals surface area contributed by atoms with E-state index in [-0.39, 0.29) is 5.41 Å². The second-order valence-electron chi connectivity index (χ2n) is 5.74. The van der Waals surface area contributed by atoms with E-state index < -0.39 is 6.10 Å². The number of hydrogen-bond donors (Lipinski definition) is 1. The number of aliphatic hydroxyl groups excluding tert-OH is 1. The fourth-order valence-corrected chi connectivity index (χ4v) is 2.24. The van der Waals surface area contributed by atoms with Gasteiger partial charge in [-0.2, -0.15) is 0 Å². The van der Waals surface area contributed by atoms with Crippen molar-refractivity contribution in [3.8, 4) is 5.75 Å². The normalized spacial score (nSPS) is 13.4. The molecule has 0 aliphatic heterocycles. The van der Waals surface area contributed by atoms with Crippen LogP contribution in [0.1, 0.15) is 52.2 Å². The molecule has 102 valence electrons. The third-order valence-corrected chi connectivity index (χ3v) is 3.43. The van der Waals surface area contributed by atoms with Gasteiger partial charge in [0, 0.05) is 0 Å². The Bertz CT molecular complexity index is 383. The third-order valence-electron chi connectivity index (χ3n) is 2.81. The van der Waals surface area contributed by atoms with Crippen molar-refractivity contribution < 1.29 is 9.84 Å². The zero-order valence-electron chi connectivity index (χ0n) is 11.7. The Morgan fingerprint density at radius 1 is 1.33 bits per heavy atom. The van der Waals surface area contributed by atoms with Crippen molar-refractivity contribution in [2.24, 2.45) is 5.41 Å². The average molecular weight is 315 g/mol. The van der Waals surface area contributed by atoms with E-state index in [1.54, 1.807) is 0 Å². The molecule has 0 radical (unpaired) electrons. The molecule has 2 nitrogen and oxygen atoms in total. The lowest BCUT2D eigenvalue weighted by Crippen LogP contribution is -2.08. The molecule has 0 bridgehead atoms. The zero-order chi connectivity index (χ0) is 13.8. The molecule has 0 aromatic heterocycles. The van der Waals surface area contributed by atoms with Crippen molar-refractivity contribution in [1.29, 1.82) is 0 Å². The molecule has 1 aromatic rings. The van der Waals surface area contributed by atoms with Gasteiger partial charge < -0.3 is 9.84 Å². The van der Waals surface area contributed by atoms with Gasteiger partial charge in [-0.3, -0.25) is 0 Å². The molecule has 0 spiro atoms. The van der Waals surface area contributed by atoms with Crippen LogP contribution in [0.2, 0.25) is 0 Å². The number of ether oxygens (including phenoxy) is 1. The smallest absolute Gasteiger partial charge is 0.133 e. The number of hydrogen-bond acceptors (Lipinski definition) is 2. The van der Waals surface area contributed by atoms with Crippen LogP contribution in [0.5, 0.6) is 5.75 Å². The number of benzene rings is 1. The first-order valence-electron chi connectivity index (χ1n) is 6.44. The highest BCUT2D eigenvalue weighted by atomic mass is 79.9. The van der Waals surface area contributed by atoms with Gasteiger partial charge >= 0.3 is 0 Å². The van der Waals surface area contributed by atoms with Gasteiger partial charge in [0.2, 0.25) is 0 Å². The Hall–Kier alpha value is -0.540. The van der Waals surface area contributed by atoms with Gasteiger partial charge in [-0.1, -0.05) is 26.8 Å². The maximum absolute atomic E-state index is 10.2. The molecule has 0 aliphatic rings. The summed E-state index contributed by atoms with van der Waals surface area (Å²) in [5, 5.41) is 10.2. The van der Waals surface area contributed by atoms with Gasteiger partial charge in [0.1, 0.15) is 5.75 Å². The highest BCUT2D eigenvalue weighted by Crippen LogP contribution is 2.32. The van der Waals surface area contributed by atoms with Crippen LogP contribution in [-0.2, 0) is 0 Å². The summed E-state index contributed by atoms with van der Waals surface area (Å²) in [6, 6.07) is 5.78. The molecular weight excluding hydrogens is 292 g/mol. The maximum atomic E-state index is 10.2. The molecule has 1 rings (SSSR count). The first-order valence-corrected chi connectivity index (χ1v) is 7.23. The quantitative estimate of drug-likeness (QED) is 0.853. The van der Waals surface area contributed by atoms with Crippen LogP contribution < -0.4 is 4.74 Å². The zero-order valence-corrected chi connectivity index (χ0v) is 13.3. The van der Waals surface area contributed by atoms with Gasteiger partial charge in [-0.15, -0.1) is 0 Å². The predicted molar refractivity (Wildman–Crippen MR) is 79.0 cm³/mol. The Balaban J connectivity index is 2.69. The summed E-state index contributed by atoms with van der Waals surface area (Å²) >= 11 is 3.47. The summed E-state index contributed by atoms with van der Waals surface area (Å²) < 4.78 is 6.36. The van der Waals surface area contributed by atoms with E-state index in [1.165, 1.54) is 0 Å². The fraction of sp³-hybridized carbons (Fsp3) is 0.600. The van der Waals surface area contributed by atoms with Crippen LogP contribution in [0.25, 0.3) is 0 Å². The van der Waals surface area contributed by atoms with Crippen molar-refractivity contribution in [2.45, 2.75) is 46.6 Å². The van der Waals surface area contributed by atoms with E-state index in [1.807, 2.05) is 25.1 Å². The number of aliphatic hydroxyl groups is 1. The van der Waals surface area contributed by atoms with Crippen LogP contribution in [0, 0.1) is 5.41 Å². The predicted octanol–water partition coefficient (Wildman–Crippen LogP) is 4.71. The van der Waals surface area contributed by atoms with Gasteiger partial charge in [0.25, 0.3) is 0 Å². The van der Waals surface area contributed by atoms with Gasteiger partial charge in [-0.25, -0.2) is 0 Å². The Morgan fingerprint density at radius 3 is 2.50 bits per heavy atom. The van der Waals surface area contributed by atoms with Crippen LogP contribution >= 0.6 is 15.9 Å². The molecule has 18 heavy (non-hydrogen) atoms. The van der Waals surface area contributed by atoms with E-state index >= 15 is 0 Å². The molecule has 1 aromatic carbocycles. The monoisotopic (exact) mass is 314 g/mol. The largest absolute Gasteiger partial charge is 0.493 e. The maximum Gasteiger partial charge on any atom is 0.133 e. The van der Waals surface area contributed by atoms with Crippen molar-refractivity contribution in [3.63, 3.8) is 0 Å². The molecule has 0 fully saturated rings.